The molecule has 3 aromatic carbocycles. The lowest BCUT2D eigenvalue weighted by Gasteiger charge is -2.14. The first-order valence-corrected chi connectivity index (χ1v) is 11.7. The van der Waals surface area contributed by atoms with Crippen molar-refractivity contribution in [3.05, 3.63) is 76.8 Å². The van der Waals surface area contributed by atoms with Crippen LogP contribution in [0.5, 0.6) is 11.5 Å². The van der Waals surface area contributed by atoms with Gasteiger partial charge in [0.05, 0.1) is 15.6 Å². The highest BCUT2D eigenvalue weighted by Gasteiger charge is 2.29. The van der Waals surface area contributed by atoms with Gasteiger partial charge in [0.15, 0.2) is 5.75 Å². The zero-order valence-corrected chi connectivity index (χ0v) is 18.5. The minimum atomic E-state index is -3.89. The first kappa shape index (κ1) is 21.5. The molecule has 1 saturated carbocycles. The molecule has 1 aliphatic carbocycles. The smallest absolute Gasteiger partial charge is 0.262 e. The van der Waals surface area contributed by atoms with E-state index in [-0.39, 0.29) is 28.2 Å². The molecule has 160 valence electrons. The van der Waals surface area contributed by atoms with Crippen molar-refractivity contribution in [1.82, 2.24) is 0 Å². The molecule has 0 aliphatic heterocycles. The standard InChI is InChI=1S/C22H18Cl2N2O4S/c23-15-7-12-20(18(24)13-15)30-21-4-2-1-3-19(21)26-31(28,29)17-10-8-16(9-11-17)25-22(27)14-5-6-14/h1-4,7-14,26H,5-6H2,(H,25,27). The predicted octanol–water partition coefficient (Wildman–Crippen LogP) is 5.94. The maximum absolute atomic E-state index is 12.9. The molecule has 2 N–H and O–H groups in total. The van der Waals surface area contributed by atoms with Crippen LogP contribution in [0.4, 0.5) is 11.4 Å². The van der Waals surface area contributed by atoms with Crippen molar-refractivity contribution in [3.63, 3.8) is 0 Å². The van der Waals surface area contributed by atoms with Crippen LogP contribution in [-0.4, -0.2) is 14.3 Å². The van der Waals surface area contributed by atoms with E-state index in [4.69, 9.17) is 27.9 Å². The molecule has 9 heteroatoms. The molecule has 3 aromatic rings. The summed E-state index contributed by atoms with van der Waals surface area (Å²) < 4.78 is 34.1. The monoisotopic (exact) mass is 476 g/mol. The molecule has 0 radical (unpaired) electrons. The molecule has 0 spiro atoms. The number of anilines is 2. The van der Waals surface area contributed by atoms with E-state index >= 15 is 0 Å². The molecule has 31 heavy (non-hydrogen) atoms. The third-order valence-corrected chi connectivity index (χ3v) is 6.54. The van der Waals surface area contributed by atoms with Crippen molar-refractivity contribution >= 4 is 50.5 Å². The number of rotatable bonds is 7. The Bertz CT molecular complexity index is 1230. The first-order chi connectivity index (χ1) is 14.8. The van der Waals surface area contributed by atoms with Crippen LogP contribution in [0.1, 0.15) is 12.8 Å². The lowest BCUT2D eigenvalue weighted by molar-refractivity contribution is -0.117. The molecule has 0 saturated heterocycles. The number of para-hydroxylation sites is 2. The number of amides is 1. The topological polar surface area (TPSA) is 84.5 Å². The summed E-state index contributed by atoms with van der Waals surface area (Å²) in [6, 6.07) is 17.4. The van der Waals surface area contributed by atoms with Gasteiger partial charge >= 0.3 is 0 Å². The molecule has 1 amide bonds. The summed E-state index contributed by atoms with van der Waals surface area (Å²) in [5, 5.41) is 3.54. The van der Waals surface area contributed by atoms with Gasteiger partial charge in [-0.05, 0) is 67.4 Å². The third-order valence-electron chi connectivity index (χ3n) is 4.63. The van der Waals surface area contributed by atoms with E-state index in [0.29, 0.717) is 21.5 Å². The van der Waals surface area contributed by atoms with E-state index in [2.05, 4.69) is 10.0 Å². The molecular formula is C22H18Cl2N2O4S. The van der Waals surface area contributed by atoms with Crippen LogP contribution in [0.15, 0.2) is 71.6 Å². The van der Waals surface area contributed by atoms with Crippen LogP contribution in [0.25, 0.3) is 0 Å². The van der Waals surface area contributed by atoms with Gasteiger partial charge in [-0.15, -0.1) is 0 Å². The predicted molar refractivity (Wildman–Crippen MR) is 122 cm³/mol. The van der Waals surface area contributed by atoms with Gasteiger partial charge < -0.3 is 10.1 Å². The fourth-order valence-electron chi connectivity index (χ4n) is 2.83. The Morgan fingerprint density at radius 3 is 2.32 bits per heavy atom. The van der Waals surface area contributed by atoms with Crippen LogP contribution in [0, 0.1) is 5.92 Å². The highest BCUT2D eigenvalue weighted by Crippen LogP contribution is 2.36. The summed E-state index contributed by atoms with van der Waals surface area (Å²) in [7, 11) is -3.89. The van der Waals surface area contributed by atoms with Crippen LogP contribution < -0.4 is 14.8 Å². The summed E-state index contributed by atoms with van der Waals surface area (Å²) in [6.07, 6.45) is 1.79. The Morgan fingerprint density at radius 1 is 0.935 bits per heavy atom. The molecule has 0 unspecified atom stereocenters. The third kappa shape index (κ3) is 5.31. The lowest BCUT2D eigenvalue weighted by atomic mass is 10.3. The van der Waals surface area contributed by atoms with Crippen molar-refractivity contribution in [2.24, 2.45) is 5.92 Å². The summed E-state index contributed by atoms with van der Waals surface area (Å²) in [4.78, 5) is 11.9. The largest absolute Gasteiger partial charge is 0.454 e. The summed E-state index contributed by atoms with van der Waals surface area (Å²) in [6.45, 7) is 0. The highest BCUT2D eigenvalue weighted by atomic mass is 35.5. The molecule has 0 aromatic heterocycles. The Balaban J connectivity index is 1.52. The van der Waals surface area contributed by atoms with E-state index in [1.807, 2.05) is 0 Å². The van der Waals surface area contributed by atoms with Gasteiger partial charge in [-0.3, -0.25) is 9.52 Å². The number of nitrogens with one attached hydrogen (secondary N) is 2. The molecule has 0 heterocycles. The van der Waals surface area contributed by atoms with Gasteiger partial charge in [0.2, 0.25) is 5.91 Å². The molecule has 1 aliphatic rings. The van der Waals surface area contributed by atoms with E-state index < -0.39 is 10.0 Å². The number of benzene rings is 3. The number of hydrogen-bond acceptors (Lipinski definition) is 4. The first-order valence-electron chi connectivity index (χ1n) is 9.47. The summed E-state index contributed by atoms with van der Waals surface area (Å²) in [5.74, 6) is 0.647. The molecule has 1 fully saturated rings. The fraction of sp³-hybridized carbons (Fsp3) is 0.136. The van der Waals surface area contributed by atoms with Gasteiger partial charge in [-0.2, -0.15) is 0 Å². The van der Waals surface area contributed by atoms with Crippen LogP contribution in [0.3, 0.4) is 0 Å². The second-order valence-electron chi connectivity index (χ2n) is 7.07. The summed E-state index contributed by atoms with van der Waals surface area (Å²) in [5.41, 5.74) is 0.802. The Labute approximate surface area is 190 Å². The highest BCUT2D eigenvalue weighted by molar-refractivity contribution is 7.92. The van der Waals surface area contributed by atoms with Crippen LogP contribution in [-0.2, 0) is 14.8 Å². The van der Waals surface area contributed by atoms with Gasteiger partial charge in [0, 0.05) is 16.6 Å². The van der Waals surface area contributed by atoms with E-state index in [1.165, 1.54) is 18.2 Å². The minimum absolute atomic E-state index is 0.0410. The maximum Gasteiger partial charge on any atom is 0.262 e. The number of hydrogen-bond donors (Lipinski definition) is 2. The van der Waals surface area contributed by atoms with E-state index in [0.717, 1.165) is 12.8 Å². The quantitative estimate of drug-likeness (QED) is 0.442. The van der Waals surface area contributed by atoms with E-state index in [1.54, 1.807) is 48.5 Å². The molecule has 0 bridgehead atoms. The van der Waals surface area contributed by atoms with E-state index in [9.17, 15) is 13.2 Å². The lowest BCUT2D eigenvalue weighted by Crippen LogP contribution is -2.15. The Hall–Kier alpha value is -2.74. The number of carbonyl (C=O) groups excluding carboxylic acids is 1. The second-order valence-corrected chi connectivity index (χ2v) is 9.59. The van der Waals surface area contributed by atoms with Gasteiger partial charge in [-0.25, -0.2) is 8.42 Å². The average Bonchev–Trinajstić information content (AvgIpc) is 3.57. The number of sulfonamides is 1. The van der Waals surface area contributed by atoms with Crippen molar-refractivity contribution < 1.29 is 17.9 Å². The maximum atomic E-state index is 12.9. The van der Waals surface area contributed by atoms with Crippen molar-refractivity contribution in [3.8, 4) is 11.5 Å². The fourth-order valence-corrected chi connectivity index (χ4v) is 4.34. The molecule has 4 rings (SSSR count). The van der Waals surface area contributed by atoms with Crippen LogP contribution in [0.2, 0.25) is 10.0 Å². The minimum Gasteiger partial charge on any atom is -0.454 e. The van der Waals surface area contributed by atoms with Crippen molar-refractivity contribution in [2.75, 3.05) is 10.0 Å². The van der Waals surface area contributed by atoms with Crippen LogP contribution >= 0.6 is 23.2 Å². The number of ether oxygens (including phenoxy) is 1. The zero-order chi connectivity index (χ0) is 22.0. The molecular weight excluding hydrogens is 459 g/mol. The van der Waals surface area contributed by atoms with Gasteiger partial charge in [0.25, 0.3) is 10.0 Å². The average molecular weight is 477 g/mol. The molecule has 6 nitrogen and oxygen atoms in total. The number of halogens is 2. The van der Waals surface area contributed by atoms with Gasteiger partial charge in [0.1, 0.15) is 5.75 Å². The van der Waals surface area contributed by atoms with Crippen molar-refractivity contribution in [2.45, 2.75) is 17.7 Å². The van der Waals surface area contributed by atoms with Gasteiger partial charge in [-0.1, -0.05) is 35.3 Å². The second kappa shape index (κ2) is 8.78. The Morgan fingerprint density at radius 2 is 1.65 bits per heavy atom. The summed E-state index contributed by atoms with van der Waals surface area (Å²) >= 11 is 12.1. The number of carbonyl (C=O) groups is 1. The molecule has 0 atom stereocenters. The zero-order valence-electron chi connectivity index (χ0n) is 16.1. The Kier molecular flexibility index (Phi) is 6.09. The SMILES string of the molecule is O=C(Nc1ccc(S(=O)(=O)Nc2ccccc2Oc2ccc(Cl)cc2Cl)cc1)C1CC1. The normalized spacial score (nSPS) is 13.5. The van der Waals surface area contributed by atoms with Crippen molar-refractivity contribution in [1.29, 1.82) is 0 Å².